The number of nitrogens with one attached hydrogen (secondary N) is 2. The summed E-state index contributed by atoms with van der Waals surface area (Å²) in [6, 6.07) is 8.03. The summed E-state index contributed by atoms with van der Waals surface area (Å²) < 4.78 is 1.51. The van der Waals surface area contributed by atoms with Crippen molar-refractivity contribution in [3.8, 4) is 11.4 Å². The molecule has 1 unspecified atom stereocenters. The van der Waals surface area contributed by atoms with Crippen LogP contribution >= 0.6 is 12.4 Å². The molecule has 1 amide bonds. The van der Waals surface area contributed by atoms with Crippen molar-refractivity contribution in [1.82, 2.24) is 20.4 Å². The van der Waals surface area contributed by atoms with Gasteiger partial charge in [-0.1, -0.05) is 26.0 Å². The smallest absolute Gasteiger partial charge is 0.275 e. The zero-order chi connectivity index (χ0) is 17.0. The maximum Gasteiger partial charge on any atom is 0.275 e. The fourth-order valence-electron chi connectivity index (χ4n) is 2.10. The molecule has 0 bridgehead atoms. The van der Waals surface area contributed by atoms with Gasteiger partial charge in [-0.3, -0.25) is 4.79 Å². The molecule has 0 radical (unpaired) electrons. The van der Waals surface area contributed by atoms with Gasteiger partial charge >= 0.3 is 0 Å². The van der Waals surface area contributed by atoms with Crippen LogP contribution in [0.5, 0.6) is 5.75 Å². The number of hydrogen-bond donors (Lipinski definition) is 3. The zero-order valence-corrected chi connectivity index (χ0v) is 15.2. The van der Waals surface area contributed by atoms with Crippen LogP contribution in [0, 0.1) is 0 Å². The van der Waals surface area contributed by atoms with Gasteiger partial charge in [0.05, 0.1) is 11.9 Å². The fourth-order valence-corrected chi connectivity index (χ4v) is 2.10. The number of aromatic hydroxyl groups is 1. The van der Waals surface area contributed by atoms with Crippen LogP contribution in [0.15, 0.2) is 30.5 Å². The first-order chi connectivity index (χ1) is 10.9. The highest BCUT2D eigenvalue weighted by Gasteiger charge is 2.17. The average Bonchev–Trinajstić information content (AvgIpc) is 2.94. The third-order valence-corrected chi connectivity index (χ3v) is 3.80. The predicted octanol–water partition coefficient (Wildman–Crippen LogP) is 2.46. The molecule has 0 fully saturated rings. The molecule has 0 aliphatic carbocycles. The topological polar surface area (TPSA) is 79.2 Å². The molecule has 3 N–H and O–H groups in total. The van der Waals surface area contributed by atoms with Crippen LogP contribution < -0.4 is 10.6 Å². The first-order valence-electron chi connectivity index (χ1n) is 7.76. The van der Waals surface area contributed by atoms with Crippen LogP contribution in [0.3, 0.4) is 0 Å². The number of hydrogen-bond acceptors (Lipinski definition) is 4. The van der Waals surface area contributed by atoms with Gasteiger partial charge in [-0.25, -0.2) is 4.68 Å². The minimum Gasteiger partial charge on any atom is -0.504 e. The lowest BCUT2D eigenvalue weighted by Crippen LogP contribution is -2.37. The van der Waals surface area contributed by atoms with E-state index in [1.165, 1.54) is 16.4 Å². The number of carbonyl (C=O) groups excluding carboxylic acids is 1. The van der Waals surface area contributed by atoms with E-state index in [0.29, 0.717) is 12.5 Å². The molecule has 0 spiro atoms. The number of likely N-dealkylation sites (N-methyl/N-ethyl adjacent to an activating group) is 1. The molecule has 0 aliphatic rings. The quantitative estimate of drug-likeness (QED) is 0.746. The maximum atomic E-state index is 12.1. The standard InChI is InChI=1S/C17H24N4O2.ClH/c1-11(2)13-5-7-14(8-6-13)21-10-15(22)16(20-21)17(23)19-9-12(3)18-4;/h5-8,10-12,18,22H,9H2,1-4H3,(H,19,23);1H. The van der Waals surface area contributed by atoms with Gasteiger partial charge in [-0.05, 0) is 37.6 Å². The van der Waals surface area contributed by atoms with E-state index < -0.39 is 0 Å². The van der Waals surface area contributed by atoms with Crippen molar-refractivity contribution < 1.29 is 9.90 Å². The van der Waals surface area contributed by atoms with Crippen molar-refractivity contribution in [3.63, 3.8) is 0 Å². The summed E-state index contributed by atoms with van der Waals surface area (Å²) in [5, 5.41) is 19.9. The molecule has 0 saturated carbocycles. The monoisotopic (exact) mass is 352 g/mol. The van der Waals surface area contributed by atoms with Crippen LogP contribution in [0.1, 0.15) is 42.7 Å². The minimum absolute atomic E-state index is 0. The second-order valence-electron chi connectivity index (χ2n) is 5.95. The second kappa shape index (κ2) is 8.70. The summed E-state index contributed by atoms with van der Waals surface area (Å²) in [4.78, 5) is 12.1. The van der Waals surface area contributed by atoms with E-state index in [1.54, 1.807) is 0 Å². The highest BCUT2D eigenvalue weighted by molar-refractivity contribution is 5.94. The van der Waals surface area contributed by atoms with E-state index in [1.807, 2.05) is 38.2 Å². The average molecular weight is 353 g/mol. The van der Waals surface area contributed by atoms with Crippen LogP contribution in [0.25, 0.3) is 5.69 Å². The fraction of sp³-hybridized carbons (Fsp3) is 0.412. The molecular weight excluding hydrogens is 328 g/mol. The largest absolute Gasteiger partial charge is 0.504 e. The van der Waals surface area contributed by atoms with Gasteiger partial charge in [0.1, 0.15) is 0 Å². The van der Waals surface area contributed by atoms with Gasteiger partial charge < -0.3 is 15.7 Å². The van der Waals surface area contributed by atoms with Crippen molar-refractivity contribution in [2.45, 2.75) is 32.7 Å². The lowest BCUT2D eigenvalue weighted by atomic mass is 10.0. The number of nitrogens with zero attached hydrogens (tertiary/aromatic N) is 2. The van der Waals surface area contributed by atoms with Crippen LogP contribution in [-0.4, -0.2) is 40.4 Å². The highest BCUT2D eigenvalue weighted by Crippen LogP contribution is 2.20. The normalized spacial score (nSPS) is 11.9. The first-order valence-corrected chi connectivity index (χ1v) is 7.76. The van der Waals surface area contributed by atoms with E-state index in [4.69, 9.17) is 0 Å². The minimum atomic E-state index is -0.387. The molecule has 2 rings (SSSR count). The first kappa shape index (κ1) is 20.0. The molecule has 6 nitrogen and oxygen atoms in total. The number of benzene rings is 1. The van der Waals surface area contributed by atoms with Crippen LogP contribution in [-0.2, 0) is 0 Å². The maximum absolute atomic E-state index is 12.1. The molecule has 1 aromatic carbocycles. The second-order valence-corrected chi connectivity index (χ2v) is 5.95. The van der Waals surface area contributed by atoms with Crippen molar-refractivity contribution >= 4 is 18.3 Å². The van der Waals surface area contributed by atoms with Crippen LogP contribution in [0.4, 0.5) is 0 Å². The summed E-state index contributed by atoms with van der Waals surface area (Å²) >= 11 is 0. The van der Waals surface area contributed by atoms with Crippen molar-refractivity contribution in [1.29, 1.82) is 0 Å². The van der Waals surface area contributed by atoms with Gasteiger partial charge in [0.2, 0.25) is 0 Å². The molecule has 7 heteroatoms. The highest BCUT2D eigenvalue weighted by atomic mass is 35.5. The van der Waals surface area contributed by atoms with Gasteiger partial charge in [0.25, 0.3) is 5.91 Å². The Labute approximate surface area is 148 Å². The Morgan fingerprint density at radius 2 is 1.88 bits per heavy atom. The number of rotatable bonds is 6. The van der Waals surface area contributed by atoms with Gasteiger partial charge in [0.15, 0.2) is 11.4 Å². The Morgan fingerprint density at radius 3 is 2.42 bits per heavy atom. The summed E-state index contributed by atoms with van der Waals surface area (Å²) in [6.07, 6.45) is 1.45. The lowest BCUT2D eigenvalue weighted by molar-refractivity contribution is 0.0942. The molecule has 1 aromatic heterocycles. The number of halogens is 1. The van der Waals surface area contributed by atoms with Crippen LogP contribution in [0.2, 0.25) is 0 Å². The van der Waals surface area contributed by atoms with Gasteiger partial charge in [-0.15, -0.1) is 12.4 Å². The summed E-state index contributed by atoms with van der Waals surface area (Å²) in [5.41, 5.74) is 2.05. The Morgan fingerprint density at radius 1 is 1.25 bits per heavy atom. The molecule has 1 atom stereocenters. The van der Waals surface area contributed by atoms with E-state index in [-0.39, 0.29) is 35.8 Å². The Bertz CT molecular complexity index is 668. The van der Waals surface area contributed by atoms with Gasteiger partial charge in [0, 0.05) is 12.6 Å². The zero-order valence-electron chi connectivity index (χ0n) is 14.4. The van der Waals surface area contributed by atoms with E-state index in [9.17, 15) is 9.90 Å². The SMILES string of the molecule is CNC(C)CNC(=O)c1nn(-c2ccc(C(C)C)cc2)cc1O.Cl. The predicted molar refractivity (Wildman–Crippen MR) is 97.4 cm³/mol. The third kappa shape index (κ3) is 4.72. The Balaban J connectivity index is 0.00000288. The van der Waals surface area contributed by atoms with E-state index in [2.05, 4.69) is 29.6 Å². The lowest BCUT2D eigenvalue weighted by Gasteiger charge is -2.10. The molecule has 2 aromatic rings. The van der Waals surface area contributed by atoms with E-state index in [0.717, 1.165) is 5.69 Å². The van der Waals surface area contributed by atoms with Gasteiger partial charge in [-0.2, -0.15) is 5.10 Å². The summed E-state index contributed by atoms with van der Waals surface area (Å²) in [7, 11) is 1.82. The number of carbonyl (C=O) groups is 1. The van der Waals surface area contributed by atoms with Crippen molar-refractivity contribution in [2.24, 2.45) is 0 Å². The number of aromatic nitrogens is 2. The van der Waals surface area contributed by atoms with Crippen molar-refractivity contribution in [2.75, 3.05) is 13.6 Å². The summed E-state index contributed by atoms with van der Waals surface area (Å²) in [5.74, 6) is -0.0692. The number of amides is 1. The third-order valence-electron chi connectivity index (χ3n) is 3.80. The van der Waals surface area contributed by atoms with Crippen molar-refractivity contribution in [3.05, 3.63) is 41.7 Å². The molecular formula is C17H25ClN4O2. The summed E-state index contributed by atoms with van der Waals surface area (Å²) in [6.45, 7) is 6.67. The molecule has 0 aliphatic heterocycles. The van der Waals surface area contributed by atoms with E-state index >= 15 is 0 Å². The molecule has 0 saturated heterocycles. The Hall–Kier alpha value is -2.05. The molecule has 24 heavy (non-hydrogen) atoms. The molecule has 1 heterocycles. The molecule has 132 valence electrons. The Kier molecular flexibility index (Phi) is 7.25.